The molecule has 0 bridgehead atoms. The number of methoxy groups -OCH3 is 1. The van der Waals surface area contributed by atoms with E-state index < -0.39 is 0 Å². The second-order valence-electron chi connectivity index (χ2n) is 7.70. The Morgan fingerprint density at radius 2 is 2.00 bits per heavy atom. The number of aryl methyl sites for hydroxylation is 1. The van der Waals surface area contributed by atoms with Crippen molar-refractivity contribution in [1.82, 2.24) is 9.55 Å². The molecule has 1 aromatic carbocycles. The number of nitriles is 1. The maximum Gasteiger partial charge on any atom is 0.198 e. The summed E-state index contributed by atoms with van der Waals surface area (Å²) >= 11 is 1.56. The lowest BCUT2D eigenvalue weighted by atomic mass is 9.81. The average Bonchev–Trinajstić information content (AvgIpc) is 2.78. The van der Waals surface area contributed by atoms with Crippen LogP contribution in [0.25, 0.3) is 21.9 Å². The van der Waals surface area contributed by atoms with E-state index in [0.717, 1.165) is 41.7 Å². The lowest BCUT2D eigenvalue weighted by molar-refractivity contribution is -0.108. The maximum absolute atomic E-state index is 13.1. The van der Waals surface area contributed by atoms with E-state index in [1.165, 1.54) is 0 Å². The fourth-order valence-corrected chi connectivity index (χ4v) is 4.65. The van der Waals surface area contributed by atoms with Crippen molar-refractivity contribution >= 4 is 45.8 Å². The van der Waals surface area contributed by atoms with Gasteiger partial charge in [0.15, 0.2) is 5.43 Å². The van der Waals surface area contributed by atoms with Crippen molar-refractivity contribution in [2.24, 2.45) is 5.92 Å². The number of ether oxygens (including phenoxy) is 1. The normalized spacial score (nSPS) is 17.2. The number of nitrogens with one attached hydrogen (secondary N) is 1. The minimum Gasteiger partial charge on any atom is -0.385 e. The molecule has 0 unspecified atom stereocenters. The standard InChI is InChI=1S/C21H20N4O2S.C3H8O/c1-12-3-4-15-18(20(12)28-2)25(7-8-26)21-16(19(15)27)5-6-17(24-21)23-14-9-13(10-14)11-22;1-3-4-2/h3-6,8,13-14H,7,9-10H2,1-2H3,(H,23,24);3H2,1-2H3. The molecule has 1 aliphatic rings. The summed E-state index contributed by atoms with van der Waals surface area (Å²) in [5.74, 6) is 0.757. The highest BCUT2D eigenvalue weighted by atomic mass is 32.2. The van der Waals surface area contributed by atoms with E-state index in [1.54, 1.807) is 31.0 Å². The molecular formula is C24H28N4O3S. The highest BCUT2D eigenvalue weighted by molar-refractivity contribution is 7.98. The van der Waals surface area contributed by atoms with Crippen molar-refractivity contribution in [1.29, 1.82) is 5.26 Å². The molecule has 7 nitrogen and oxygen atoms in total. The van der Waals surface area contributed by atoms with Crippen LogP contribution in [-0.2, 0) is 16.1 Å². The first kappa shape index (κ1) is 23.8. The van der Waals surface area contributed by atoms with Crippen molar-refractivity contribution in [3.63, 3.8) is 0 Å². The van der Waals surface area contributed by atoms with Crippen molar-refractivity contribution in [3.05, 3.63) is 40.1 Å². The molecule has 2 aromatic heterocycles. The molecule has 0 aliphatic heterocycles. The van der Waals surface area contributed by atoms with E-state index in [-0.39, 0.29) is 23.9 Å². The van der Waals surface area contributed by atoms with E-state index in [2.05, 4.69) is 21.1 Å². The van der Waals surface area contributed by atoms with E-state index >= 15 is 0 Å². The summed E-state index contributed by atoms with van der Waals surface area (Å²) in [6.45, 7) is 4.90. The number of thioether (sulfide) groups is 1. The predicted octanol–water partition coefficient (Wildman–Crippen LogP) is 4.15. The lowest BCUT2D eigenvalue weighted by Crippen LogP contribution is -2.34. The van der Waals surface area contributed by atoms with Gasteiger partial charge in [0.1, 0.15) is 17.8 Å². The molecule has 0 atom stereocenters. The average molecular weight is 453 g/mol. The van der Waals surface area contributed by atoms with Gasteiger partial charge in [-0.3, -0.25) is 4.79 Å². The number of carbonyl (C=O) groups excluding carboxylic acids is 1. The Morgan fingerprint density at radius 3 is 2.59 bits per heavy atom. The molecule has 1 fully saturated rings. The van der Waals surface area contributed by atoms with Crippen LogP contribution in [-0.4, -0.2) is 41.9 Å². The number of fused-ring (bicyclic) bond motifs is 2. The van der Waals surface area contributed by atoms with Crippen LogP contribution in [0.15, 0.2) is 34.0 Å². The topological polar surface area (TPSA) is 97.0 Å². The van der Waals surface area contributed by atoms with Crippen LogP contribution in [0.1, 0.15) is 25.3 Å². The third kappa shape index (κ3) is 4.64. The second-order valence-corrected chi connectivity index (χ2v) is 8.52. The number of anilines is 1. The van der Waals surface area contributed by atoms with Crippen LogP contribution < -0.4 is 10.7 Å². The fraction of sp³-hybridized carbons (Fsp3) is 0.417. The summed E-state index contributed by atoms with van der Waals surface area (Å²) in [6, 6.07) is 9.82. The summed E-state index contributed by atoms with van der Waals surface area (Å²) in [6.07, 6.45) is 4.39. The van der Waals surface area contributed by atoms with Crippen LogP contribution in [0.3, 0.4) is 0 Å². The van der Waals surface area contributed by atoms with Gasteiger partial charge in [0, 0.05) is 30.0 Å². The minimum atomic E-state index is -0.0744. The number of hydrogen-bond donors (Lipinski definition) is 1. The molecule has 0 radical (unpaired) electrons. The highest BCUT2D eigenvalue weighted by Gasteiger charge is 2.29. The molecule has 1 N–H and O–H groups in total. The van der Waals surface area contributed by atoms with Gasteiger partial charge < -0.3 is 19.4 Å². The Hall–Kier alpha value is -2.89. The quantitative estimate of drug-likeness (QED) is 0.341. The molecule has 2 heterocycles. The summed E-state index contributed by atoms with van der Waals surface area (Å²) in [5.41, 5.74) is 2.25. The largest absolute Gasteiger partial charge is 0.385 e. The number of aromatic nitrogens is 2. The van der Waals surface area contributed by atoms with Crippen molar-refractivity contribution < 1.29 is 9.53 Å². The molecule has 8 heteroatoms. The number of benzene rings is 1. The summed E-state index contributed by atoms with van der Waals surface area (Å²) in [4.78, 5) is 30.2. The van der Waals surface area contributed by atoms with Gasteiger partial charge >= 0.3 is 0 Å². The number of rotatable bonds is 6. The van der Waals surface area contributed by atoms with E-state index in [0.29, 0.717) is 22.2 Å². The minimum absolute atomic E-state index is 0.0744. The zero-order valence-electron chi connectivity index (χ0n) is 18.8. The van der Waals surface area contributed by atoms with Crippen molar-refractivity contribution in [2.75, 3.05) is 25.3 Å². The number of nitrogens with zero attached hydrogens (tertiary/aromatic N) is 3. The first-order chi connectivity index (χ1) is 15.5. The summed E-state index contributed by atoms with van der Waals surface area (Å²) < 4.78 is 6.38. The SMILES string of the molecule is CCOC.CSc1c(C)ccc2c(=O)c3ccc(NC4CC(C#N)C4)nc3n(CC=O)c12. The number of carbonyl (C=O) groups is 1. The second kappa shape index (κ2) is 10.6. The van der Waals surface area contributed by atoms with Gasteiger partial charge in [-0.1, -0.05) is 6.07 Å². The van der Waals surface area contributed by atoms with Gasteiger partial charge in [-0.15, -0.1) is 11.8 Å². The van der Waals surface area contributed by atoms with E-state index in [1.807, 2.05) is 36.8 Å². The van der Waals surface area contributed by atoms with Crippen LogP contribution in [0.4, 0.5) is 5.82 Å². The monoisotopic (exact) mass is 452 g/mol. The molecule has 0 spiro atoms. The van der Waals surface area contributed by atoms with Gasteiger partial charge in [-0.25, -0.2) is 4.98 Å². The maximum atomic E-state index is 13.1. The van der Waals surface area contributed by atoms with Crippen LogP contribution in [0, 0.1) is 24.2 Å². The smallest absolute Gasteiger partial charge is 0.198 e. The Kier molecular flexibility index (Phi) is 7.89. The molecule has 4 rings (SSSR count). The lowest BCUT2D eigenvalue weighted by Gasteiger charge is -2.31. The van der Waals surface area contributed by atoms with Crippen molar-refractivity contribution in [2.45, 2.75) is 44.2 Å². The van der Waals surface area contributed by atoms with Crippen LogP contribution >= 0.6 is 11.8 Å². The van der Waals surface area contributed by atoms with Crippen molar-refractivity contribution in [3.8, 4) is 6.07 Å². The molecule has 1 saturated carbocycles. The Balaban J connectivity index is 0.000000668. The Morgan fingerprint density at radius 1 is 1.31 bits per heavy atom. The molecule has 32 heavy (non-hydrogen) atoms. The number of pyridine rings is 2. The number of aldehydes is 1. The van der Waals surface area contributed by atoms with Gasteiger partial charge in [-0.2, -0.15) is 5.26 Å². The third-order valence-electron chi connectivity index (χ3n) is 5.64. The van der Waals surface area contributed by atoms with E-state index in [9.17, 15) is 9.59 Å². The first-order valence-electron chi connectivity index (χ1n) is 10.6. The van der Waals surface area contributed by atoms with Gasteiger partial charge in [-0.05, 0) is 56.7 Å². The fourth-order valence-electron chi connectivity index (χ4n) is 3.85. The molecule has 0 saturated heterocycles. The summed E-state index contributed by atoms with van der Waals surface area (Å²) in [5, 5.41) is 13.4. The molecule has 1 aliphatic carbocycles. The third-order valence-corrected chi connectivity index (χ3v) is 6.56. The zero-order chi connectivity index (χ0) is 23.3. The molecule has 168 valence electrons. The van der Waals surface area contributed by atoms with E-state index in [4.69, 9.17) is 5.26 Å². The number of hydrogen-bond acceptors (Lipinski definition) is 7. The molecule has 3 aromatic rings. The zero-order valence-corrected chi connectivity index (χ0v) is 19.7. The van der Waals surface area contributed by atoms with Gasteiger partial charge in [0.05, 0.1) is 29.4 Å². The van der Waals surface area contributed by atoms with Crippen LogP contribution in [0.2, 0.25) is 0 Å². The highest BCUT2D eigenvalue weighted by Crippen LogP contribution is 2.32. The first-order valence-corrected chi connectivity index (χ1v) is 11.8. The predicted molar refractivity (Wildman–Crippen MR) is 129 cm³/mol. The van der Waals surface area contributed by atoms with Crippen LogP contribution in [0.5, 0.6) is 0 Å². The molecular weight excluding hydrogens is 424 g/mol. The summed E-state index contributed by atoms with van der Waals surface area (Å²) in [7, 11) is 1.68. The van der Waals surface area contributed by atoms with Gasteiger partial charge in [0.25, 0.3) is 0 Å². The Labute approximate surface area is 191 Å². The van der Waals surface area contributed by atoms with Gasteiger partial charge in [0.2, 0.25) is 0 Å². The molecule has 0 amide bonds. The Bertz CT molecular complexity index is 1220.